The van der Waals surface area contributed by atoms with Gasteiger partial charge in [-0.1, -0.05) is 15.9 Å². The fourth-order valence-electron chi connectivity index (χ4n) is 2.00. The average molecular weight is 412 g/mol. The summed E-state index contributed by atoms with van der Waals surface area (Å²) in [7, 11) is 0. The maximum atomic E-state index is 12.2. The Balaban J connectivity index is 2.17. The molecule has 0 bridgehead atoms. The number of amides is 1. The van der Waals surface area contributed by atoms with E-state index in [0.29, 0.717) is 10.4 Å². The number of rotatable bonds is 7. The summed E-state index contributed by atoms with van der Waals surface area (Å²) in [6.45, 7) is 1.15. The van der Waals surface area contributed by atoms with Gasteiger partial charge in [0.1, 0.15) is 18.4 Å². The Morgan fingerprint density at radius 2 is 2.16 bits per heavy atom. The van der Waals surface area contributed by atoms with E-state index in [9.17, 15) is 15.1 Å². The van der Waals surface area contributed by atoms with Crippen LogP contribution in [0.2, 0.25) is 0 Å². The SMILES string of the molecule is Cc1cc(Br)ccc1Nc1c[n+]([O-])ccc1C(=O)NOCC(O)CO. The van der Waals surface area contributed by atoms with Gasteiger partial charge in [-0.15, -0.1) is 0 Å². The lowest BCUT2D eigenvalue weighted by atomic mass is 10.1. The molecular formula is C16H18BrN3O5. The fourth-order valence-corrected chi connectivity index (χ4v) is 2.47. The quantitative estimate of drug-likeness (QED) is 0.308. The van der Waals surface area contributed by atoms with Crippen molar-refractivity contribution in [1.29, 1.82) is 0 Å². The molecule has 2 rings (SSSR count). The van der Waals surface area contributed by atoms with Gasteiger partial charge < -0.3 is 20.7 Å². The summed E-state index contributed by atoms with van der Waals surface area (Å²) in [6, 6.07) is 6.90. The molecule has 0 fully saturated rings. The van der Waals surface area contributed by atoms with Crippen LogP contribution in [0.3, 0.4) is 0 Å². The second-order valence-corrected chi connectivity index (χ2v) is 6.21. The van der Waals surface area contributed by atoms with Gasteiger partial charge in [-0.05, 0) is 30.7 Å². The number of carbonyl (C=O) groups is 1. The molecule has 0 radical (unpaired) electrons. The summed E-state index contributed by atoms with van der Waals surface area (Å²) >= 11 is 3.38. The van der Waals surface area contributed by atoms with Crippen molar-refractivity contribution in [3.8, 4) is 0 Å². The zero-order valence-corrected chi connectivity index (χ0v) is 15.0. The second-order valence-electron chi connectivity index (χ2n) is 5.29. The first-order chi connectivity index (χ1) is 11.9. The van der Waals surface area contributed by atoms with Crippen molar-refractivity contribution in [3.63, 3.8) is 0 Å². The molecule has 1 aromatic carbocycles. The van der Waals surface area contributed by atoms with E-state index in [0.717, 1.165) is 15.7 Å². The van der Waals surface area contributed by atoms with Gasteiger partial charge in [0, 0.05) is 16.2 Å². The number of hydrogen-bond donors (Lipinski definition) is 4. The minimum Gasteiger partial charge on any atom is -0.619 e. The third-order valence-electron chi connectivity index (χ3n) is 3.29. The molecule has 0 aliphatic rings. The molecule has 2 aromatic rings. The molecule has 0 aliphatic heterocycles. The molecule has 0 saturated heterocycles. The zero-order chi connectivity index (χ0) is 18.4. The molecule has 1 unspecified atom stereocenters. The fraction of sp³-hybridized carbons (Fsp3) is 0.250. The molecule has 0 aliphatic carbocycles. The number of aliphatic hydroxyl groups excluding tert-OH is 2. The highest BCUT2D eigenvalue weighted by Gasteiger charge is 2.16. The van der Waals surface area contributed by atoms with Crippen LogP contribution in [0, 0.1) is 12.1 Å². The molecular weight excluding hydrogens is 394 g/mol. The van der Waals surface area contributed by atoms with E-state index in [-0.39, 0.29) is 12.2 Å². The number of pyridine rings is 1. The van der Waals surface area contributed by atoms with Gasteiger partial charge in [-0.25, -0.2) is 5.48 Å². The lowest BCUT2D eigenvalue weighted by Gasteiger charge is -2.14. The normalized spacial score (nSPS) is 11.8. The van der Waals surface area contributed by atoms with Gasteiger partial charge in [0.05, 0.1) is 12.2 Å². The number of hydrogen-bond acceptors (Lipinski definition) is 6. The second kappa shape index (κ2) is 8.77. The van der Waals surface area contributed by atoms with Crippen molar-refractivity contribution in [2.45, 2.75) is 13.0 Å². The highest BCUT2D eigenvalue weighted by Crippen LogP contribution is 2.25. The van der Waals surface area contributed by atoms with Crippen LogP contribution in [0.15, 0.2) is 41.1 Å². The van der Waals surface area contributed by atoms with Crippen LogP contribution in [-0.2, 0) is 4.84 Å². The highest BCUT2D eigenvalue weighted by molar-refractivity contribution is 9.10. The van der Waals surface area contributed by atoms with Crippen LogP contribution in [0.4, 0.5) is 11.4 Å². The Hall–Kier alpha value is -2.20. The molecule has 25 heavy (non-hydrogen) atoms. The number of aryl methyl sites for hydroxylation is 1. The number of carbonyl (C=O) groups excluding carboxylic acids is 1. The molecule has 8 nitrogen and oxygen atoms in total. The van der Waals surface area contributed by atoms with Crippen LogP contribution < -0.4 is 15.5 Å². The Labute approximate surface area is 152 Å². The maximum Gasteiger partial charge on any atom is 0.277 e. The molecule has 1 heterocycles. The van der Waals surface area contributed by atoms with E-state index in [1.165, 1.54) is 18.5 Å². The van der Waals surface area contributed by atoms with Crippen molar-refractivity contribution in [2.75, 3.05) is 18.5 Å². The van der Waals surface area contributed by atoms with E-state index in [4.69, 9.17) is 9.94 Å². The van der Waals surface area contributed by atoms with Gasteiger partial charge in [0.2, 0.25) is 6.20 Å². The van der Waals surface area contributed by atoms with Gasteiger partial charge in [-0.3, -0.25) is 9.63 Å². The van der Waals surface area contributed by atoms with E-state index < -0.39 is 18.6 Å². The summed E-state index contributed by atoms with van der Waals surface area (Å²) in [4.78, 5) is 17.1. The van der Waals surface area contributed by atoms with Crippen molar-refractivity contribution < 1.29 is 24.6 Å². The van der Waals surface area contributed by atoms with Crippen molar-refractivity contribution in [1.82, 2.24) is 5.48 Å². The smallest absolute Gasteiger partial charge is 0.277 e. The Kier molecular flexibility index (Phi) is 6.71. The number of nitrogens with one attached hydrogen (secondary N) is 2. The standard InChI is InChI=1S/C16H18BrN3O5/c1-10-6-11(17)2-3-14(10)18-15-7-20(24)5-4-13(15)16(23)19-25-9-12(22)8-21/h2-7,12,18,21-22H,8-9H2,1H3,(H,19,23). The van der Waals surface area contributed by atoms with Crippen LogP contribution in [0.5, 0.6) is 0 Å². The first-order valence-corrected chi connectivity index (χ1v) is 8.17. The molecule has 1 aromatic heterocycles. The predicted molar refractivity (Wildman–Crippen MR) is 94.1 cm³/mol. The maximum absolute atomic E-state index is 12.2. The van der Waals surface area contributed by atoms with E-state index in [1.54, 1.807) is 0 Å². The van der Waals surface area contributed by atoms with Gasteiger partial charge in [0.25, 0.3) is 5.91 Å². The van der Waals surface area contributed by atoms with E-state index in [1.807, 2.05) is 25.1 Å². The number of hydroxylamine groups is 1. The van der Waals surface area contributed by atoms with Crippen LogP contribution >= 0.6 is 15.9 Å². The number of halogens is 1. The highest BCUT2D eigenvalue weighted by atomic mass is 79.9. The minimum absolute atomic E-state index is 0.188. The first-order valence-electron chi connectivity index (χ1n) is 7.37. The lowest BCUT2D eigenvalue weighted by molar-refractivity contribution is -0.604. The number of nitrogens with zero attached hydrogens (tertiary/aromatic N) is 1. The Bertz CT molecular complexity index is 757. The summed E-state index contributed by atoms with van der Waals surface area (Å²) in [5.74, 6) is -0.594. The molecule has 1 atom stereocenters. The number of aromatic nitrogens is 1. The van der Waals surface area contributed by atoms with Gasteiger partial charge in [0.15, 0.2) is 6.20 Å². The van der Waals surface area contributed by atoms with Crippen molar-refractivity contribution in [2.24, 2.45) is 0 Å². The molecule has 9 heteroatoms. The summed E-state index contributed by atoms with van der Waals surface area (Å²) in [6.07, 6.45) is 1.33. The van der Waals surface area contributed by atoms with Crippen LogP contribution in [0.25, 0.3) is 0 Å². The molecule has 0 spiro atoms. The first kappa shape index (κ1) is 19.1. The molecule has 1 amide bonds. The molecule has 4 N–H and O–H groups in total. The van der Waals surface area contributed by atoms with Gasteiger partial charge >= 0.3 is 0 Å². The van der Waals surface area contributed by atoms with Crippen molar-refractivity contribution >= 4 is 33.2 Å². The number of anilines is 2. The summed E-state index contributed by atoms with van der Waals surface area (Å²) in [5, 5.41) is 32.5. The van der Waals surface area contributed by atoms with Crippen molar-refractivity contribution in [3.05, 3.63) is 57.5 Å². The summed E-state index contributed by atoms with van der Waals surface area (Å²) in [5.41, 5.74) is 4.31. The number of benzene rings is 1. The number of aliphatic hydroxyl groups is 2. The Morgan fingerprint density at radius 1 is 1.40 bits per heavy atom. The third kappa shape index (κ3) is 5.40. The van der Waals surface area contributed by atoms with E-state index >= 15 is 0 Å². The molecule has 0 saturated carbocycles. The predicted octanol–water partition coefficient (Wildman–Crippen LogP) is 1.15. The minimum atomic E-state index is -1.09. The zero-order valence-electron chi connectivity index (χ0n) is 13.4. The van der Waals surface area contributed by atoms with Crippen LogP contribution in [0.1, 0.15) is 15.9 Å². The topological polar surface area (TPSA) is 118 Å². The van der Waals surface area contributed by atoms with Crippen LogP contribution in [-0.4, -0.2) is 35.4 Å². The largest absolute Gasteiger partial charge is 0.619 e. The average Bonchev–Trinajstić information content (AvgIpc) is 2.57. The van der Waals surface area contributed by atoms with Gasteiger partial charge in [-0.2, -0.15) is 4.73 Å². The summed E-state index contributed by atoms with van der Waals surface area (Å²) < 4.78 is 1.49. The Morgan fingerprint density at radius 3 is 2.84 bits per heavy atom. The molecule has 134 valence electrons. The monoisotopic (exact) mass is 411 g/mol. The lowest BCUT2D eigenvalue weighted by Crippen LogP contribution is -2.32. The van der Waals surface area contributed by atoms with E-state index in [2.05, 4.69) is 26.7 Å². The third-order valence-corrected chi connectivity index (χ3v) is 3.78.